The molecule has 0 bridgehead atoms. The first kappa shape index (κ1) is 26.9. The molecule has 1 aromatic heterocycles. The highest BCUT2D eigenvalue weighted by Gasteiger charge is 2.48. The highest BCUT2D eigenvalue weighted by molar-refractivity contribution is 6.31. The summed E-state index contributed by atoms with van der Waals surface area (Å²) in [5.41, 5.74) is 0.418. The van der Waals surface area contributed by atoms with Crippen molar-refractivity contribution in [1.29, 1.82) is 0 Å². The lowest BCUT2D eigenvalue weighted by Crippen LogP contribution is -2.56. The average molecular weight is 558 g/mol. The van der Waals surface area contributed by atoms with E-state index >= 15 is 0 Å². The molecule has 1 aliphatic carbocycles. The van der Waals surface area contributed by atoms with Crippen molar-refractivity contribution in [2.45, 2.75) is 62.7 Å². The first-order valence-electron chi connectivity index (χ1n) is 12.7. The lowest BCUT2D eigenvalue weighted by atomic mass is 9.87. The van der Waals surface area contributed by atoms with Crippen LogP contribution in [0.25, 0.3) is 0 Å². The normalized spacial score (nSPS) is 21.2. The van der Waals surface area contributed by atoms with Crippen LogP contribution in [0.1, 0.15) is 44.2 Å². The van der Waals surface area contributed by atoms with E-state index in [9.17, 15) is 22.8 Å². The molecule has 0 radical (unpaired) electrons. The van der Waals surface area contributed by atoms with Gasteiger partial charge in [-0.25, -0.2) is 23.1 Å². The minimum absolute atomic E-state index is 0.0829. The maximum Gasteiger partial charge on any atom is 0.252 e. The van der Waals surface area contributed by atoms with Gasteiger partial charge in [0.2, 0.25) is 11.9 Å². The van der Waals surface area contributed by atoms with E-state index in [0.29, 0.717) is 18.8 Å². The third-order valence-corrected chi connectivity index (χ3v) is 7.55. The first-order chi connectivity index (χ1) is 18.6. The van der Waals surface area contributed by atoms with Crippen molar-refractivity contribution in [3.05, 3.63) is 83.4 Å². The summed E-state index contributed by atoms with van der Waals surface area (Å²) >= 11 is 6.53. The Kier molecular flexibility index (Phi) is 7.48. The van der Waals surface area contributed by atoms with Gasteiger partial charge in [-0.05, 0) is 50.1 Å². The summed E-state index contributed by atoms with van der Waals surface area (Å²) in [7, 11) is 0. The van der Waals surface area contributed by atoms with E-state index in [1.807, 2.05) is 6.92 Å². The standard InChI is InChI=1S/C28H27ClF3N5O2/c1-17-10-11-23(36(17)27-33-12-5-13-34-27)26(39)37(20-7-4-6-18(30)14-20)24(21-8-2-3-9-22(21)29)25(38)35-19-15-28(31,32)16-19/h2-9,12-14,17,19,23-24H,10-11,15-16H2,1H3,(H,35,38). The average Bonchev–Trinajstić information content (AvgIpc) is 3.28. The van der Waals surface area contributed by atoms with Crippen LogP contribution in [0.4, 0.5) is 24.8 Å². The summed E-state index contributed by atoms with van der Waals surface area (Å²) in [6, 6.07) is 10.6. The molecule has 3 atom stereocenters. The van der Waals surface area contributed by atoms with Gasteiger partial charge in [0.25, 0.3) is 11.8 Å². The fourth-order valence-corrected chi connectivity index (χ4v) is 5.55. The minimum Gasteiger partial charge on any atom is -0.351 e. The van der Waals surface area contributed by atoms with Gasteiger partial charge in [-0.3, -0.25) is 14.5 Å². The van der Waals surface area contributed by atoms with Crippen LogP contribution in [0, 0.1) is 5.82 Å². The van der Waals surface area contributed by atoms with Crippen molar-refractivity contribution in [3.63, 3.8) is 0 Å². The Morgan fingerprint density at radius 1 is 1.08 bits per heavy atom. The van der Waals surface area contributed by atoms with Gasteiger partial charge >= 0.3 is 0 Å². The van der Waals surface area contributed by atoms with Crippen molar-refractivity contribution in [2.75, 3.05) is 9.80 Å². The monoisotopic (exact) mass is 557 g/mol. The van der Waals surface area contributed by atoms with Crippen molar-refractivity contribution in [3.8, 4) is 0 Å². The number of aromatic nitrogens is 2. The molecule has 2 aromatic carbocycles. The number of carbonyl (C=O) groups is 2. The van der Waals surface area contributed by atoms with Crippen molar-refractivity contribution >= 4 is 35.1 Å². The van der Waals surface area contributed by atoms with Gasteiger partial charge in [-0.15, -0.1) is 0 Å². The summed E-state index contributed by atoms with van der Waals surface area (Å²) in [5.74, 6) is -4.28. The Morgan fingerprint density at radius 2 is 1.79 bits per heavy atom. The largest absolute Gasteiger partial charge is 0.351 e. The van der Waals surface area contributed by atoms with E-state index in [0.717, 1.165) is 6.07 Å². The highest BCUT2D eigenvalue weighted by atomic mass is 35.5. The molecule has 1 saturated carbocycles. The lowest BCUT2D eigenvalue weighted by molar-refractivity contribution is -0.133. The number of anilines is 2. The van der Waals surface area contributed by atoms with Crippen LogP contribution in [-0.4, -0.2) is 45.8 Å². The van der Waals surface area contributed by atoms with E-state index in [-0.39, 0.29) is 22.3 Å². The number of alkyl halides is 2. The Morgan fingerprint density at radius 3 is 2.46 bits per heavy atom. The quantitative estimate of drug-likeness (QED) is 0.426. The van der Waals surface area contributed by atoms with Crippen LogP contribution < -0.4 is 15.1 Å². The Hall–Kier alpha value is -3.66. The number of halogens is 4. The molecule has 2 aliphatic rings. The molecule has 1 saturated heterocycles. The maximum absolute atomic E-state index is 14.5. The molecule has 3 aromatic rings. The molecule has 2 heterocycles. The Labute approximate surface area is 229 Å². The van der Waals surface area contributed by atoms with Crippen LogP contribution >= 0.6 is 11.6 Å². The lowest BCUT2D eigenvalue weighted by Gasteiger charge is -2.39. The topological polar surface area (TPSA) is 78.4 Å². The van der Waals surface area contributed by atoms with E-state index in [1.165, 1.54) is 23.1 Å². The van der Waals surface area contributed by atoms with Gasteiger partial charge in [-0.1, -0.05) is 35.9 Å². The summed E-state index contributed by atoms with van der Waals surface area (Å²) in [4.78, 5) is 39.9. The Bertz CT molecular complexity index is 1350. The molecule has 3 unspecified atom stereocenters. The van der Waals surface area contributed by atoms with Crippen LogP contribution in [-0.2, 0) is 9.59 Å². The molecular formula is C28H27ClF3N5O2. The molecule has 204 valence electrons. The van der Waals surface area contributed by atoms with Crippen LogP contribution in [0.5, 0.6) is 0 Å². The number of amides is 2. The molecule has 2 fully saturated rings. The van der Waals surface area contributed by atoms with Gasteiger partial charge in [-0.2, -0.15) is 0 Å². The van der Waals surface area contributed by atoms with Gasteiger partial charge in [0, 0.05) is 53.6 Å². The second kappa shape index (κ2) is 10.8. The highest BCUT2D eigenvalue weighted by Crippen LogP contribution is 2.40. The maximum atomic E-state index is 14.5. The zero-order valence-electron chi connectivity index (χ0n) is 21.1. The third kappa shape index (κ3) is 5.56. The zero-order valence-corrected chi connectivity index (χ0v) is 21.9. The van der Waals surface area contributed by atoms with Crippen molar-refractivity contribution in [2.24, 2.45) is 0 Å². The van der Waals surface area contributed by atoms with Crippen LogP contribution in [0.2, 0.25) is 5.02 Å². The molecule has 2 amide bonds. The molecule has 5 rings (SSSR count). The fourth-order valence-electron chi connectivity index (χ4n) is 5.32. The molecule has 7 nitrogen and oxygen atoms in total. The molecule has 11 heteroatoms. The Balaban J connectivity index is 1.59. The third-order valence-electron chi connectivity index (χ3n) is 7.20. The van der Waals surface area contributed by atoms with E-state index in [2.05, 4.69) is 15.3 Å². The molecule has 1 aliphatic heterocycles. The fraction of sp³-hybridized carbons (Fsp3) is 0.357. The van der Waals surface area contributed by atoms with Crippen LogP contribution in [0.15, 0.2) is 67.0 Å². The summed E-state index contributed by atoms with van der Waals surface area (Å²) in [6.45, 7) is 1.95. The number of carbonyl (C=O) groups excluding carboxylic acids is 2. The second-order valence-electron chi connectivity index (χ2n) is 9.98. The number of hydrogen-bond acceptors (Lipinski definition) is 5. The SMILES string of the molecule is CC1CCC(C(=O)N(c2cccc(F)c2)C(C(=O)NC2CC(F)(F)C2)c2ccccc2Cl)N1c1ncccn1. The predicted octanol–water partition coefficient (Wildman–Crippen LogP) is 5.31. The van der Waals surface area contributed by atoms with Gasteiger partial charge in [0.1, 0.15) is 17.9 Å². The van der Waals surface area contributed by atoms with Gasteiger partial charge < -0.3 is 10.2 Å². The van der Waals surface area contributed by atoms with Crippen LogP contribution in [0.3, 0.4) is 0 Å². The zero-order chi connectivity index (χ0) is 27.7. The molecule has 1 N–H and O–H groups in total. The summed E-state index contributed by atoms with van der Waals surface area (Å²) in [6.07, 6.45) is 3.26. The van der Waals surface area contributed by atoms with E-state index in [4.69, 9.17) is 11.6 Å². The smallest absolute Gasteiger partial charge is 0.252 e. The number of nitrogens with one attached hydrogen (secondary N) is 1. The van der Waals surface area contributed by atoms with Crippen molar-refractivity contribution in [1.82, 2.24) is 15.3 Å². The van der Waals surface area contributed by atoms with Gasteiger partial charge in [0.05, 0.1) is 0 Å². The second-order valence-corrected chi connectivity index (χ2v) is 10.4. The predicted molar refractivity (Wildman–Crippen MR) is 141 cm³/mol. The van der Waals surface area contributed by atoms with Gasteiger partial charge in [0.15, 0.2) is 0 Å². The minimum atomic E-state index is -2.86. The van der Waals surface area contributed by atoms with Crippen molar-refractivity contribution < 1.29 is 22.8 Å². The van der Waals surface area contributed by atoms with E-state index < -0.39 is 54.5 Å². The number of hydrogen-bond donors (Lipinski definition) is 1. The number of nitrogens with zero attached hydrogens (tertiary/aromatic N) is 4. The first-order valence-corrected chi connectivity index (χ1v) is 13.1. The summed E-state index contributed by atoms with van der Waals surface area (Å²) < 4.78 is 41.6. The molecule has 0 spiro atoms. The molecular weight excluding hydrogens is 531 g/mol. The van der Waals surface area contributed by atoms with E-state index in [1.54, 1.807) is 47.6 Å². The molecule has 39 heavy (non-hydrogen) atoms. The number of rotatable bonds is 7. The number of benzene rings is 2. The summed E-state index contributed by atoms with van der Waals surface area (Å²) in [5, 5.41) is 2.86.